The number of urea groups is 1. The summed E-state index contributed by atoms with van der Waals surface area (Å²) >= 11 is 0. The van der Waals surface area contributed by atoms with Crippen LogP contribution in [0.1, 0.15) is 45.1 Å². The van der Waals surface area contributed by atoms with E-state index in [1.54, 1.807) is 0 Å². The molecule has 0 spiro atoms. The SMILES string of the molecule is CC(C)C[C@@H]1C[C@H]1NC(=O)N1CCC(Cc2cccnc2)CC1. The monoisotopic (exact) mass is 315 g/mol. The lowest BCUT2D eigenvalue weighted by Gasteiger charge is -2.32. The molecule has 0 unspecified atom stereocenters. The summed E-state index contributed by atoms with van der Waals surface area (Å²) in [6.45, 7) is 6.28. The highest BCUT2D eigenvalue weighted by atomic mass is 16.2. The van der Waals surface area contributed by atoms with Crippen LogP contribution < -0.4 is 5.32 Å². The zero-order valence-corrected chi connectivity index (χ0v) is 14.4. The molecule has 0 radical (unpaired) electrons. The molecule has 2 heterocycles. The molecular weight excluding hydrogens is 286 g/mol. The molecule has 1 aliphatic carbocycles. The fourth-order valence-corrected chi connectivity index (χ4v) is 3.73. The number of amides is 2. The Hall–Kier alpha value is -1.58. The number of carbonyl (C=O) groups excluding carboxylic acids is 1. The smallest absolute Gasteiger partial charge is 0.317 e. The van der Waals surface area contributed by atoms with Gasteiger partial charge in [-0.1, -0.05) is 19.9 Å². The van der Waals surface area contributed by atoms with E-state index in [-0.39, 0.29) is 6.03 Å². The maximum atomic E-state index is 12.3. The van der Waals surface area contributed by atoms with Gasteiger partial charge in [-0.2, -0.15) is 0 Å². The predicted octanol–water partition coefficient (Wildman–Crippen LogP) is 3.48. The van der Waals surface area contributed by atoms with Gasteiger partial charge in [-0.25, -0.2) is 4.79 Å². The van der Waals surface area contributed by atoms with Gasteiger partial charge < -0.3 is 10.2 Å². The number of aromatic nitrogens is 1. The van der Waals surface area contributed by atoms with E-state index in [1.807, 2.05) is 23.4 Å². The van der Waals surface area contributed by atoms with Crippen LogP contribution in [0.15, 0.2) is 24.5 Å². The molecule has 4 nitrogen and oxygen atoms in total. The highest BCUT2D eigenvalue weighted by molar-refractivity contribution is 5.75. The van der Waals surface area contributed by atoms with Gasteiger partial charge in [0.15, 0.2) is 0 Å². The lowest BCUT2D eigenvalue weighted by atomic mass is 9.91. The third kappa shape index (κ3) is 4.69. The first kappa shape index (κ1) is 16.3. The van der Waals surface area contributed by atoms with Crippen molar-refractivity contribution in [2.75, 3.05) is 13.1 Å². The van der Waals surface area contributed by atoms with Gasteiger partial charge in [0.25, 0.3) is 0 Å². The van der Waals surface area contributed by atoms with Crippen LogP contribution in [0.25, 0.3) is 0 Å². The summed E-state index contributed by atoms with van der Waals surface area (Å²) in [7, 11) is 0. The van der Waals surface area contributed by atoms with E-state index in [0.29, 0.717) is 17.9 Å². The molecule has 0 bridgehead atoms. The second-order valence-electron chi connectivity index (χ2n) is 7.68. The molecule has 4 heteroatoms. The van der Waals surface area contributed by atoms with E-state index in [9.17, 15) is 4.79 Å². The topological polar surface area (TPSA) is 45.2 Å². The summed E-state index contributed by atoms with van der Waals surface area (Å²) < 4.78 is 0. The molecule has 23 heavy (non-hydrogen) atoms. The van der Waals surface area contributed by atoms with Crippen LogP contribution in [0.3, 0.4) is 0 Å². The second-order valence-corrected chi connectivity index (χ2v) is 7.68. The molecule has 2 aliphatic rings. The predicted molar refractivity (Wildman–Crippen MR) is 92.1 cm³/mol. The van der Waals surface area contributed by atoms with Crippen LogP contribution in [0, 0.1) is 17.8 Å². The molecule has 1 saturated heterocycles. The van der Waals surface area contributed by atoms with Crippen molar-refractivity contribution in [3.63, 3.8) is 0 Å². The largest absolute Gasteiger partial charge is 0.335 e. The zero-order valence-electron chi connectivity index (χ0n) is 14.4. The van der Waals surface area contributed by atoms with Crippen molar-refractivity contribution >= 4 is 6.03 Å². The minimum atomic E-state index is 0.154. The first-order chi connectivity index (χ1) is 11.1. The van der Waals surface area contributed by atoms with Gasteiger partial charge in [0, 0.05) is 31.5 Å². The van der Waals surface area contributed by atoms with Crippen LogP contribution >= 0.6 is 0 Å². The molecule has 126 valence electrons. The molecule has 2 atom stereocenters. The minimum absolute atomic E-state index is 0.154. The summed E-state index contributed by atoms with van der Waals surface area (Å²) in [5.41, 5.74) is 1.31. The Balaban J connectivity index is 1.38. The molecule has 2 amide bonds. The first-order valence-electron chi connectivity index (χ1n) is 9.06. The van der Waals surface area contributed by atoms with E-state index in [1.165, 1.54) is 18.4 Å². The minimum Gasteiger partial charge on any atom is -0.335 e. The number of hydrogen-bond acceptors (Lipinski definition) is 2. The lowest BCUT2D eigenvalue weighted by molar-refractivity contribution is 0.169. The Morgan fingerprint density at radius 1 is 1.39 bits per heavy atom. The zero-order chi connectivity index (χ0) is 16.2. The molecule has 0 aromatic carbocycles. The van der Waals surface area contributed by atoms with Crippen LogP contribution in [0.2, 0.25) is 0 Å². The number of carbonyl (C=O) groups is 1. The average molecular weight is 315 g/mol. The highest BCUT2D eigenvalue weighted by Gasteiger charge is 2.39. The number of hydrogen-bond donors (Lipinski definition) is 1. The molecule has 1 aromatic rings. The van der Waals surface area contributed by atoms with Crippen molar-refractivity contribution in [1.82, 2.24) is 15.2 Å². The number of nitrogens with zero attached hydrogens (tertiary/aromatic N) is 2. The Bertz CT molecular complexity index is 509. The molecule has 1 aromatic heterocycles. The maximum absolute atomic E-state index is 12.3. The van der Waals surface area contributed by atoms with Crippen molar-refractivity contribution in [3.8, 4) is 0 Å². The second kappa shape index (κ2) is 7.33. The fourth-order valence-electron chi connectivity index (χ4n) is 3.73. The number of likely N-dealkylation sites (tertiary alicyclic amines) is 1. The quantitative estimate of drug-likeness (QED) is 0.904. The highest BCUT2D eigenvalue weighted by Crippen LogP contribution is 2.36. The Morgan fingerprint density at radius 3 is 2.83 bits per heavy atom. The van der Waals surface area contributed by atoms with Gasteiger partial charge in [0.1, 0.15) is 0 Å². The van der Waals surface area contributed by atoms with Crippen molar-refractivity contribution in [2.45, 2.75) is 52.0 Å². The molecule has 1 aliphatic heterocycles. The fraction of sp³-hybridized carbons (Fsp3) is 0.684. The van der Waals surface area contributed by atoms with E-state index < -0.39 is 0 Å². The number of pyridine rings is 1. The van der Waals surface area contributed by atoms with Crippen molar-refractivity contribution < 1.29 is 4.79 Å². The van der Waals surface area contributed by atoms with Crippen molar-refractivity contribution in [3.05, 3.63) is 30.1 Å². The number of piperidine rings is 1. The van der Waals surface area contributed by atoms with E-state index >= 15 is 0 Å². The van der Waals surface area contributed by atoms with Gasteiger partial charge in [-0.15, -0.1) is 0 Å². The van der Waals surface area contributed by atoms with E-state index in [4.69, 9.17) is 0 Å². The Kier molecular flexibility index (Phi) is 5.19. The molecule has 3 rings (SSSR count). The van der Waals surface area contributed by atoms with Crippen molar-refractivity contribution in [2.24, 2.45) is 17.8 Å². The Labute approximate surface area is 139 Å². The molecule has 1 N–H and O–H groups in total. The normalized spacial score (nSPS) is 24.7. The van der Waals surface area contributed by atoms with Crippen LogP contribution in [0.4, 0.5) is 4.79 Å². The summed E-state index contributed by atoms with van der Waals surface area (Å²) in [4.78, 5) is 18.5. The third-order valence-corrected chi connectivity index (χ3v) is 5.15. The first-order valence-corrected chi connectivity index (χ1v) is 9.06. The number of rotatable bonds is 5. The molecule has 1 saturated carbocycles. The molecule has 2 fully saturated rings. The van der Waals surface area contributed by atoms with Gasteiger partial charge in [-0.3, -0.25) is 4.98 Å². The van der Waals surface area contributed by atoms with Gasteiger partial charge >= 0.3 is 6.03 Å². The standard InChI is InChI=1S/C19H29N3O/c1-14(2)10-17-12-18(17)21-19(23)22-8-5-15(6-9-22)11-16-4-3-7-20-13-16/h3-4,7,13-15,17-18H,5-6,8-12H2,1-2H3,(H,21,23)/t17-,18-/m1/s1. The maximum Gasteiger partial charge on any atom is 0.317 e. The van der Waals surface area contributed by atoms with Crippen molar-refractivity contribution in [1.29, 1.82) is 0 Å². The lowest BCUT2D eigenvalue weighted by Crippen LogP contribution is -2.45. The molecular formula is C19H29N3O. The summed E-state index contributed by atoms with van der Waals surface area (Å²) in [5.74, 6) is 2.12. The summed E-state index contributed by atoms with van der Waals surface area (Å²) in [5, 5.41) is 3.22. The third-order valence-electron chi connectivity index (χ3n) is 5.15. The number of nitrogens with one attached hydrogen (secondary N) is 1. The summed E-state index contributed by atoms with van der Waals surface area (Å²) in [6.07, 6.45) is 9.47. The van der Waals surface area contributed by atoms with Crippen LogP contribution in [0.5, 0.6) is 0 Å². The van der Waals surface area contributed by atoms with E-state index in [2.05, 4.69) is 30.2 Å². The Morgan fingerprint density at radius 2 is 2.17 bits per heavy atom. The van der Waals surface area contributed by atoms with Crippen LogP contribution in [-0.2, 0) is 6.42 Å². The summed E-state index contributed by atoms with van der Waals surface area (Å²) in [6, 6.07) is 4.73. The average Bonchev–Trinajstić information content (AvgIpc) is 3.25. The van der Waals surface area contributed by atoms with E-state index in [0.717, 1.165) is 38.3 Å². The van der Waals surface area contributed by atoms with Crippen LogP contribution in [-0.4, -0.2) is 35.0 Å². The van der Waals surface area contributed by atoms with Gasteiger partial charge in [-0.05, 0) is 61.5 Å². The van der Waals surface area contributed by atoms with Gasteiger partial charge in [0.2, 0.25) is 0 Å². The van der Waals surface area contributed by atoms with Gasteiger partial charge in [0.05, 0.1) is 0 Å².